The molecule has 1 unspecified atom stereocenters. The maximum atomic E-state index is 11.9. The minimum atomic E-state index is -0.544. The average Bonchev–Trinajstić information content (AvgIpc) is 2.78. The highest BCUT2D eigenvalue weighted by molar-refractivity contribution is 5.96. The van der Waals surface area contributed by atoms with Crippen molar-refractivity contribution >= 4 is 11.5 Å². The van der Waals surface area contributed by atoms with E-state index in [-0.39, 0.29) is 29.8 Å². The Bertz CT molecular complexity index is 457. The number of likely N-dealkylation sites (tertiary alicyclic amines) is 1. The van der Waals surface area contributed by atoms with Crippen LogP contribution in [0.25, 0.3) is 0 Å². The highest BCUT2D eigenvalue weighted by atomic mass is 16.6. The molecular formula is C11H15N3O4. The van der Waals surface area contributed by atoms with Crippen LogP contribution >= 0.6 is 0 Å². The summed E-state index contributed by atoms with van der Waals surface area (Å²) in [6, 6.07) is 1.24. The number of nitrogens with one attached hydrogen (secondary N) is 1. The molecule has 0 saturated carbocycles. The second-order valence-electron chi connectivity index (χ2n) is 4.48. The molecule has 1 aliphatic rings. The lowest BCUT2D eigenvalue weighted by molar-refractivity contribution is -0.384. The van der Waals surface area contributed by atoms with Crippen LogP contribution in [0.3, 0.4) is 0 Å². The lowest BCUT2D eigenvalue weighted by atomic mass is 10.1. The fraction of sp³-hybridized carbons (Fsp3) is 0.545. The summed E-state index contributed by atoms with van der Waals surface area (Å²) >= 11 is 0. The van der Waals surface area contributed by atoms with Gasteiger partial charge >= 0.3 is 0 Å². The number of aromatic amines is 1. The fourth-order valence-corrected chi connectivity index (χ4v) is 2.11. The van der Waals surface area contributed by atoms with Crippen LogP contribution in [0.1, 0.15) is 23.3 Å². The molecule has 18 heavy (non-hydrogen) atoms. The lowest BCUT2D eigenvalue weighted by Crippen LogP contribution is -2.41. The Hall–Kier alpha value is -1.73. The molecule has 0 amide bonds. The monoisotopic (exact) mass is 253 g/mol. The maximum Gasteiger partial charge on any atom is 0.287 e. The zero-order valence-corrected chi connectivity index (χ0v) is 9.83. The second kappa shape index (κ2) is 5.28. The third-order valence-corrected chi connectivity index (χ3v) is 3.03. The number of nitrogens with zero attached hydrogens (tertiary/aromatic N) is 2. The Morgan fingerprint density at radius 1 is 1.67 bits per heavy atom. The summed E-state index contributed by atoms with van der Waals surface area (Å²) in [5.41, 5.74) is 0.124. The Morgan fingerprint density at radius 3 is 3.06 bits per heavy atom. The summed E-state index contributed by atoms with van der Waals surface area (Å²) in [6.07, 6.45) is 2.44. The number of Topliss-reactive ketones (excluding diaryl/α,β-unsaturated/α-hetero) is 1. The third kappa shape index (κ3) is 2.93. The average molecular weight is 253 g/mol. The highest BCUT2D eigenvalue weighted by Crippen LogP contribution is 2.14. The van der Waals surface area contributed by atoms with E-state index in [4.69, 9.17) is 0 Å². The van der Waals surface area contributed by atoms with Gasteiger partial charge in [-0.2, -0.15) is 0 Å². The standard InChI is InChI=1S/C11H15N3O4/c15-9-2-1-3-13(6-9)7-11(16)10-4-8(5-12-10)14(17)18/h4-5,9,12,15H,1-3,6-7H2. The molecule has 7 heteroatoms. The number of rotatable bonds is 4. The molecule has 2 heterocycles. The molecule has 1 aliphatic heterocycles. The van der Waals surface area contributed by atoms with Crippen molar-refractivity contribution in [3.63, 3.8) is 0 Å². The first-order valence-corrected chi connectivity index (χ1v) is 5.82. The van der Waals surface area contributed by atoms with Crippen LogP contribution in [0.4, 0.5) is 5.69 Å². The van der Waals surface area contributed by atoms with Crippen molar-refractivity contribution in [2.45, 2.75) is 18.9 Å². The molecule has 1 aromatic rings. The topological polar surface area (TPSA) is 99.5 Å². The number of H-pyrrole nitrogens is 1. The van der Waals surface area contributed by atoms with Crippen molar-refractivity contribution in [3.8, 4) is 0 Å². The summed E-state index contributed by atoms with van der Waals surface area (Å²) < 4.78 is 0. The number of aliphatic hydroxyl groups is 1. The Kier molecular flexibility index (Phi) is 3.73. The van der Waals surface area contributed by atoms with E-state index in [1.54, 1.807) is 0 Å². The van der Waals surface area contributed by atoms with Crippen LogP contribution < -0.4 is 0 Å². The van der Waals surface area contributed by atoms with Crippen LogP contribution in [0, 0.1) is 10.1 Å². The van der Waals surface area contributed by atoms with Crippen LogP contribution in [0.5, 0.6) is 0 Å². The van der Waals surface area contributed by atoms with Crippen LogP contribution in [-0.2, 0) is 0 Å². The molecule has 0 aromatic carbocycles. The smallest absolute Gasteiger partial charge is 0.287 e. The number of ketones is 1. The highest BCUT2D eigenvalue weighted by Gasteiger charge is 2.21. The molecule has 0 spiro atoms. The van der Waals surface area contributed by atoms with E-state index in [2.05, 4.69) is 4.98 Å². The second-order valence-corrected chi connectivity index (χ2v) is 4.48. The molecule has 2 N–H and O–H groups in total. The number of nitro groups is 1. The predicted octanol–water partition coefficient (Wildman–Crippen LogP) is 0.562. The molecule has 1 saturated heterocycles. The van der Waals surface area contributed by atoms with Gasteiger partial charge in [-0.15, -0.1) is 0 Å². The number of hydrogen-bond donors (Lipinski definition) is 2. The van der Waals surface area contributed by atoms with E-state index >= 15 is 0 Å². The summed E-state index contributed by atoms with van der Waals surface area (Å²) in [7, 11) is 0. The first-order valence-electron chi connectivity index (χ1n) is 5.82. The van der Waals surface area contributed by atoms with Gasteiger partial charge in [0.1, 0.15) is 0 Å². The first-order chi connectivity index (χ1) is 8.56. The van der Waals surface area contributed by atoms with Gasteiger partial charge in [0.15, 0.2) is 5.78 Å². The van der Waals surface area contributed by atoms with E-state index < -0.39 is 4.92 Å². The number of piperidine rings is 1. The van der Waals surface area contributed by atoms with Gasteiger partial charge in [0.25, 0.3) is 5.69 Å². The van der Waals surface area contributed by atoms with Crippen molar-refractivity contribution in [3.05, 3.63) is 28.1 Å². The molecule has 2 rings (SSSR count). The van der Waals surface area contributed by atoms with Crippen molar-refractivity contribution in [1.29, 1.82) is 0 Å². The molecule has 98 valence electrons. The normalized spacial score (nSPS) is 20.8. The maximum absolute atomic E-state index is 11.9. The van der Waals surface area contributed by atoms with Crippen molar-refractivity contribution in [1.82, 2.24) is 9.88 Å². The third-order valence-electron chi connectivity index (χ3n) is 3.03. The molecule has 0 bridgehead atoms. The van der Waals surface area contributed by atoms with Crippen LogP contribution in [-0.4, -0.2) is 51.4 Å². The first kappa shape index (κ1) is 12.7. The SMILES string of the molecule is O=C(CN1CCCC(O)C1)c1cc([N+](=O)[O-])c[nH]1. The summed E-state index contributed by atoms with van der Waals surface area (Å²) in [5.74, 6) is -0.197. The van der Waals surface area contributed by atoms with E-state index in [9.17, 15) is 20.0 Å². The number of carbonyl (C=O) groups is 1. The van der Waals surface area contributed by atoms with Crippen LogP contribution in [0.15, 0.2) is 12.3 Å². The van der Waals surface area contributed by atoms with Gasteiger partial charge < -0.3 is 10.1 Å². The van der Waals surface area contributed by atoms with Gasteiger partial charge in [-0.25, -0.2) is 0 Å². The van der Waals surface area contributed by atoms with Crippen molar-refractivity contribution in [2.75, 3.05) is 19.6 Å². The zero-order valence-electron chi connectivity index (χ0n) is 9.83. The van der Waals surface area contributed by atoms with Crippen LogP contribution in [0.2, 0.25) is 0 Å². The van der Waals surface area contributed by atoms with Gasteiger partial charge in [0.2, 0.25) is 0 Å². The number of aliphatic hydroxyl groups excluding tert-OH is 1. The molecule has 0 radical (unpaired) electrons. The summed E-state index contributed by atoms with van der Waals surface area (Å²) in [5, 5.41) is 20.0. The number of aromatic nitrogens is 1. The Labute approximate surface area is 104 Å². The minimum absolute atomic E-state index is 0.114. The van der Waals surface area contributed by atoms with E-state index in [0.29, 0.717) is 6.54 Å². The van der Waals surface area contributed by atoms with Gasteiger partial charge in [0.05, 0.1) is 29.5 Å². The van der Waals surface area contributed by atoms with E-state index in [1.165, 1.54) is 12.3 Å². The predicted molar refractivity (Wildman–Crippen MR) is 63.5 cm³/mol. The number of hydrogen-bond acceptors (Lipinski definition) is 5. The quantitative estimate of drug-likeness (QED) is 0.464. The lowest BCUT2D eigenvalue weighted by Gasteiger charge is -2.29. The molecule has 1 fully saturated rings. The molecule has 0 aliphatic carbocycles. The number of β-amino-alcohol motifs (C(OH)–C–C–N with tert-alkyl or cyclic N) is 1. The Morgan fingerprint density at radius 2 is 2.44 bits per heavy atom. The molecule has 7 nitrogen and oxygen atoms in total. The Balaban J connectivity index is 1.96. The largest absolute Gasteiger partial charge is 0.392 e. The molecule has 1 atom stereocenters. The summed E-state index contributed by atoms with van der Waals surface area (Å²) in [4.78, 5) is 26.3. The minimum Gasteiger partial charge on any atom is -0.392 e. The summed E-state index contributed by atoms with van der Waals surface area (Å²) in [6.45, 7) is 1.43. The van der Waals surface area contributed by atoms with Gasteiger partial charge in [0, 0.05) is 12.6 Å². The van der Waals surface area contributed by atoms with Gasteiger partial charge in [-0.3, -0.25) is 19.8 Å². The van der Waals surface area contributed by atoms with E-state index in [1.807, 2.05) is 4.90 Å². The van der Waals surface area contributed by atoms with Gasteiger partial charge in [-0.05, 0) is 19.4 Å². The zero-order chi connectivity index (χ0) is 13.1. The van der Waals surface area contributed by atoms with Crippen molar-refractivity contribution in [2.24, 2.45) is 0 Å². The molecule has 1 aromatic heterocycles. The van der Waals surface area contributed by atoms with Crippen molar-refractivity contribution < 1.29 is 14.8 Å². The van der Waals surface area contributed by atoms with Gasteiger partial charge in [-0.1, -0.05) is 0 Å². The molecular weight excluding hydrogens is 238 g/mol. The number of carbonyl (C=O) groups excluding carboxylic acids is 1. The fourth-order valence-electron chi connectivity index (χ4n) is 2.11. The van der Waals surface area contributed by atoms with E-state index in [0.717, 1.165) is 19.4 Å².